The largest absolute Gasteiger partial charge is 0.378 e. The third-order valence-corrected chi connectivity index (χ3v) is 4.81. The van der Waals surface area contributed by atoms with Crippen LogP contribution in [0.25, 0.3) is 0 Å². The fourth-order valence-corrected chi connectivity index (χ4v) is 3.75. The van der Waals surface area contributed by atoms with Gasteiger partial charge in [0, 0.05) is 39.3 Å². The van der Waals surface area contributed by atoms with Gasteiger partial charge in [-0.1, -0.05) is 6.08 Å². The molecule has 3 fully saturated rings. The van der Waals surface area contributed by atoms with Gasteiger partial charge >= 0.3 is 0 Å². The van der Waals surface area contributed by atoms with E-state index in [4.69, 9.17) is 9.47 Å². The van der Waals surface area contributed by atoms with Crippen LogP contribution >= 0.6 is 0 Å². The summed E-state index contributed by atoms with van der Waals surface area (Å²) in [5.41, 5.74) is -0.335. The van der Waals surface area contributed by atoms with Crippen molar-refractivity contribution in [1.82, 2.24) is 9.80 Å². The Morgan fingerprint density at radius 2 is 2.10 bits per heavy atom. The second-order valence-electron chi connectivity index (χ2n) is 5.98. The van der Waals surface area contributed by atoms with Gasteiger partial charge in [0.2, 0.25) is 5.91 Å². The monoisotopic (exact) mass is 280 g/mol. The molecule has 3 aliphatic rings. The first kappa shape index (κ1) is 14.0. The molecule has 0 aliphatic carbocycles. The number of hydrogen-bond donors (Lipinski definition) is 0. The highest BCUT2D eigenvalue weighted by Gasteiger charge is 2.54. The van der Waals surface area contributed by atoms with Crippen LogP contribution in [0.3, 0.4) is 0 Å². The second-order valence-corrected chi connectivity index (χ2v) is 5.98. The molecule has 3 heterocycles. The first-order valence-electron chi connectivity index (χ1n) is 7.58. The average Bonchev–Trinajstić information content (AvgIpc) is 2.92. The Balaban J connectivity index is 1.78. The molecule has 0 aromatic carbocycles. The zero-order valence-corrected chi connectivity index (χ0v) is 12.1. The van der Waals surface area contributed by atoms with E-state index in [-0.39, 0.29) is 17.4 Å². The number of ether oxygens (including phenoxy) is 2. The summed E-state index contributed by atoms with van der Waals surface area (Å²) in [7, 11) is 0. The molecule has 3 aliphatic heterocycles. The smallest absolute Gasteiger partial charge is 0.232 e. The summed E-state index contributed by atoms with van der Waals surface area (Å²) in [6.07, 6.45) is 3.81. The number of nitrogens with zero attached hydrogens (tertiary/aromatic N) is 2. The van der Waals surface area contributed by atoms with Gasteiger partial charge in [0.15, 0.2) is 0 Å². The molecule has 0 aromatic heterocycles. The van der Waals surface area contributed by atoms with E-state index >= 15 is 0 Å². The van der Waals surface area contributed by atoms with Crippen LogP contribution in [0.2, 0.25) is 0 Å². The Hall–Kier alpha value is -0.910. The lowest BCUT2D eigenvalue weighted by Crippen LogP contribution is -2.59. The molecule has 20 heavy (non-hydrogen) atoms. The van der Waals surface area contributed by atoms with Gasteiger partial charge in [-0.2, -0.15) is 0 Å². The Morgan fingerprint density at radius 1 is 1.30 bits per heavy atom. The minimum absolute atomic E-state index is 0.0962. The van der Waals surface area contributed by atoms with Crippen LogP contribution in [-0.2, 0) is 14.3 Å². The molecule has 5 heteroatoms. The molecule has 0 spiro atoms. The normalized spacial score (nSPS) is 34.8. The number of hydrogen-bond acceptors (Lipinski definition) is 4. The molecule has 1 amide bonds. The Labute approximate surface area is 120 Å². The number of rotatable bonds is 3. The Bertz CT molecular complexity index is 381. The van der Waals surface area contributed by atoms with Crippen LogP contribution in [0.4, 0.5) is 0 Å². The predicted octanol–water partition coefficient (Wildman–Crippen LogP) is 0.512. The number of amides is 1. The van der Waals surface area contributed by atoms with Gasteiger partial charge < -0.3 is 14.4 Å². The van der Waals surface area contributed by atoms with E-state index in [2.05, 4.69) is 11.5 Å². The highest BCUT2D eigenvalue weighted by atomic mass is 16.5. The topological polar surface area (TPSA) is 42.0 Å². The number of likely N-dealkylation sites (tertiary alicyclic amines) is 1. The molecule has 0 bridgehead atoms. The molecule has 2 atom stereocenters. The van der Waals surface area contributed by atoms with E-state index in [1.165, 1.54) is 0 Å². The maximum absolute atomic E-state index is 13.0. The van der Waals surface area contributed by atoms with Gasteiger partial charge in [-0.05, 0) is 12.8 Å². The van der Waals surface area contributed by atoms with Crippen molar-refractivity contribution in [3.8, 4) is 0 Å². The Morgan fingerprint density at radius 3 is 2.85 bits per heavy atom. The van der Waals surface area contributed by atoms with Crippen LogP contribution in [0.5, 0.6) is 0 Å². The van der Waals surface area contributed by atoms with E-state index in [0.717, 1.165) is 45.6 Å². The molecule has 3 saturated heterocycles. The van der Waals surface area contributed by atoms with Crippen molar-refractivity contribution in [2.45, 2.75) is 18.9 Å². The zero-order chi connectivity index (χ0) is 14.0. The molecule has 3 rings (SSSR count). The van der Waals surface area contributed by atoms with Crippen molar-refractivity contribution in [2.24, 2.45) is 5.41 Å². The fraction of sp³-hybridized carbons (Fsp3) is 0.800. The van der Waals surface area contributed by atoms with Gasteiger partial charge in [0.1, 0.15) is 0 Å². The fourth-order valence-electron chi connectivity index (χ4n) is 3.75. The average molecular weight is 280 g/mol. The van der Waals surface area contributed by atoms with Crippen molar-refractivity contribution in [3.63, 3.8) is 0 Å². The van der Waals surface area contributed by atoms with Gasteiger partial charge in [0.25, 0.3) is 0 Å². The number of fused-ring (bicyclic) bond motifs is 1. The van der Waals surface area contributed by atoms with Crippen molar-refractivity contribution >= 4 is 5.91 Å². The molecule has 112 valence electrons. The van der Waals surface area contributed by atoms with Crippen molar-refractivity contribution in [2.75, 3.05) is 52.5 Å². The number of piperidine rings is 1. The third-order valence-electron chi connectivity index (χ3n) is 4.81. The van der Waals surface area contributed by atoms with Crippen LogP contribution in [0, 0.1) is 5.41 Å². The summed E-state index contributed by atoms with van der Waals surface area (Å²) < 4.78 is 11.2. The Kier molecular flexibility index (Phi) is 4.10. The minimum Gasteiger partial charge on any atom is -0.378 e. The van der Waals surface area contributed by atoms with Gasteiger partial charge in [-0.3, -0.25) is 9.69 Å². The molecular weight excluding hydrogens is 256 g/mol. The summed E-state index contributed by atoms with van der Waals surface area (Å²) in [6, 6.07) is 0. The molecule has 0 aromatic rings. The quantitative estimate of drug-likeness (QED) is 0.707. The summed E-state index contributed by atoms with van der Waals surface area (Å²) in [5, 5.41) is 0. The van der Waals surface area contributed by atoms with Crippen LogP contribution in [-0.4, -0.2) is 74.4 Å². The number of carbonyl (C=O) groups is 1. The lowest BCUT2D eigenvalue weighted by atomic mass is 9.75. The maximum Gasteiger partial charge on any atom is 0.232 e. The van der Waals surface area contributed by atoms with E-state index in [1.807, 2.05) is 11.0 Å². The van der Waals surface area contributed by atoms with Gasteiger partial charge in [0.05, 0.1) is 24.7 Å². The van der Waals surface area contributed by atoms with Crippen LogP contribution in [0.1, 0.15) is 12.8 Å². The standard InChI is InChI=1S/C15H24N2O3/c1-2-5-16-6-3-13-15(12-16,4-9-20-13)14(18)17-7-10-19-11-8-17/h2,13H,1,3-12H2/t13-,15+/m0/s1. The van der Waals surface area contributed by atoms with E-state index in [9.17, 15) is 4.79 Å². The molecule has 0 saturated carbocycles. The van der Waals surface area contributed by atoms with Crippen LogP contribution in [0.15, 0.2) is 12.7 Å². The first-order chi connectivity index (χ1) is 9.76. The van der Waals surface area contributed by atoms with E-state index in [1.54, 1.807) is 0 Å². The van der Waals surface area contributed by atoms with Crippen LogP contribution < -0.4 is 0 Å². The minimum atomic E-state index is -0.335. The third kappa shape index (κ3) is 2.38. The molecular formula is C15H24N2O3. The lowest BCUT2D eigenvalue weighted by molar-refractivity contribution is -0.154. The summed E-state index contributed by atoms with van der Waals surface area (Å²) in [6.45, 7) is 9.92. The predicted molar refractivity (Wildman–Crippen MR) is 75.4 cm³/mol. The second kappa shape index (κ2) is 5.84. The summed E-state index contributed by atoms with van der Waals surface area (Å²) >= 11 is 0. The van der Waals surface area contributed by atoms with Gasteiger partial charge in [-0.25, -0.2) is 0 Å². The number of carbonyl (C=O) groups excluding carboxylic acids is 1. The summed E-state index contributed by atoms with van der Waals surface area (Å²) in [4.78, 5) is 17.3. The van der Waals surface area contributed by atoms with Crippen molar-refractivity contribution in [1.29, 1.82) is 0 Å². The summed E-state index contributed by atoms with van der Waals surface area (Å²) in [5.74, 6) is 0.275. The van der Waals surface area contributed by atoms with E-state index < -0.39 is 0 Å². The maximum atomic E-state index is 13.0. The van der Waals surface area contributed by atoms with E-state index in [0.29, 0.717) is 19.8 Å². The highest BCUT2D eigenvalue weighted by Crippen LogP contribution is 2.42. The molecule has 0 N–H and O–H groups in total. The molecule has 5 nitrogen and oxygen atoms in total. The van der Waals surface area contributed by atoms with Gasteiger partial charge in [-0.15, -0.1) is 6.58 Å². The number of morpholine rings is 1. The van der Waals surface area contributed by atoms with Crippen molar-refractivity contribution in [3.05, 3.63) is 12.7 Å². The SMILES string of the molecule is C=CCN1CC[C@@H]2OCC[C@@]2(C(=O)N2CCOCC2)C1. The molecule has 0 radical (unpaired) electrons. The lowest BCUT2D eigenvalue weighted by Gasteiger charge is -2.45. The molecule has 0 unspecified atom stereocenters. The van der Waals surface area contributed by atoms with Crippen molar-refractivity contribution < 1.29 is 14.3 Å². The highest BCUT2D eigenvalue weighted by molar-refractivity contribution is 5.84. The first-order valence-corrected chi connectivity index (χ1v) is 7.58. The zero-order valence-electron chi connectivity index (χ0n) is 12.1.